The maximum Gasteiger partial charge on any atom is 0.412 e. The summed E-state index contributed by atoms with van der Waals surface area (Å²) < 4.78 is 43.8. The molecule has 0 spiro atoms. The van der Waals surface area contributed by atoms with Crippen molar-refractivity contribution in [1.29, 1.82) is 0 Å². The Labute approximate surface area is 120 Å². The van der Waals surface area contributed by atoms with Crippen molar-refractivity contribution in [1.82, 2.24) is 9.78 Å². The number of hydrogen-bond acceptors (Lipinski definition) is 3. The third kappa shape index (κ3) is 4.12. The monoisotopic (exact) mass is 305 g/mol. The average molecular weight is 305 g/mol. The van der Waals surface area contributed by atoms with Gasteiger partial charge in [-0.15, -0.1) is 0 Å². The van der Waals surface area contributed by atoms with Gasteiger partial charge in [-0.25, -0.2) is 4.79 Å². The van der Waals surface area contributed by atoms with E-state index < -0.39 is 23.8 Å². The van der Waals surface area contributed by atoms with Crippen molar-refractivity contribution in [2.24, 2.45) is 5.92 Å². The number of amides is 1. The normalized spacial score (nSPS) is 22.6. The number of rotatable bonds is 2. The predicted octanol–water partition coefficient (Wildman–Crippen LogP) is 3.74. The van der Waals surface area contributed by atoms with Crippen LogP contribution in [0.3, 0.4) is 0 Å². The molecule has 1 aromatic rings. The molecule has 1 fully saturated rings. The second-order valence-electron chi connectivity index (χ2n) is 6.20. The molecule has 1 aliphatic carbocycles. The van der Waals surface area contributed by atoms with Gasteiger partial charge in [-0.3, -0.25) is 10.00 Å². The molecule has 1 saturated carbocycles. The zero-order valence-electron chi connectivity index (χ0n) is 12.1. The molecule has 0 aliphatic heterocycles. The summed E-state index contributed by atoms with van der Waals surface area (Å²) in [5.41, 5.74) is -0.215. The molecule has 0 saturated heterocycles. The maximum absolute atomic E-state index is 12.4. The van der Waals surface area contributed by atoms with E-state index in [1.54, 1.807) is 20.8 Å². The van der Waals surface area contributed by atoms with Crippen LogP contribution in [0.4, 0.5) is 23.7 Å². The summed E-state index contributed by atoms with van der Waals surface area (Å²) in [6.45, 7) is 5.21. The third-order valence-electron chi connectivity index (χ3n) is 3.20. The molecule has 1 aromatic heterocycles. The molecule has 1 N–H and O–H groups in total. The fraction of sp³-hybridized carbons (Fsp3) is 0.692. The van der Waals surface area contributed by atoms with Gasteiger partial charge in [-0.2, -0.15) is 18.3 Å². The van der Waals surface area contributed by atoms with Gasteiger partial charge in [-0.05, 0) is 33.6 Å². The first kappa shape index (κ1) is 15.7. The molecule has 118 valence electrons. The summed E-state index contributed by atoms with van der Waals surface area (Å²) in [6.07, 6.45) is -1.80. The van der Waals surface area contributed by atoms with Crippen molar-refractivity contribution in [2.75, 3.05) is 5.32 Å². The number of ether oxygens (including phenoxy) is 1. The zero-order valence-corrected chi connectivity index (χ0v) is 12.1. The quantitative estimate of drug-likeness (QED) is 0.905. The number of nitrogens with zero attached hydrogens (tertiary/aromatic N) is 2. The molecule has 5 nitrogen and oxygen atoms in total. The molecule has 0 radical (unpaired) electrons. The molecular weight excluding hydrogens is 287 g/mol. The molecule has 8 heteroatoms. The number of carbonyl (C=O) groups is 1. The van der Waals surface area contributed by atoms with Crippen LogP contribution in [0.5, 0.6) is 0 Å². The Morgan fingerprint density at radius 3 is 2.52 bits per heavy atom. The van der Waals surface area contributed by atoms with Crippen LogP contribution >= 0.6 is 0 Å². The van der Waals surface area contributed by atoms with E-state index >= 15 is 0 Å². The Hall–Kier alpha value is -1.73. The van der Waals surface area contributed by atoms with Crippen LogP contribution in [0.1, 0.15) is 39.7 Å². The number of hydrogen-bond donors (Lipinski definition) is 1. The van der Waals surface area contributed by atoms with Crippen molar-refractivity contribution in [3.05, 3.63) is 12.4 Å². The predicted molar refractivity (Wildman–Crippen MR) is 69.9 cm³/mol. The lowest BCUT2D eigenvalue weighted by molar-refractivity contribution is -0.203. The molecule has 1 amide bonds. The van der Waals surface area contributed by atoms with E-state index in [1.807, 2.05) is 0 Å². The number of aromatic nitrogens is 2. The molecule has 1 aliphatic rings. The maximum atomic E-state index is 12.4. The van der Waals surface area contributed by atoms with Gasteiger partial charge in [0, 0.05) is 6.20 Å². The average Bonchev–Trinajstić information content (AvgIpc) is 2.57. The van der Waals surface area contributed by atoms with Gasteiger partial charge in [0.25, 0.3) is 0 Å². The van der Waals surface area contributed by atoms with Gasteiger partial charge in [0.05, 0.1) is 23.8 Å². The number of carbonyl (C=O) groups excluding carboxylic acids is 1. The second kappa shape index (κ2) is 5.23. The van der Waals surface area contributed by atoms with Crippen molar-refractivity contribution < 1.29 is 22.7 Å². The van der Waals surface area contributed by atoms with Crippen LogP contribution in [-0.4, -0.2) is 27.7 Å². The molecular formula is C13H18F3N3O2. The molecule has 21 heavy (non-hydrogen) atoms. The highest BCUT2D eigenvalue weighted by molar-refractivity contribution is 5.84. The van der Waals surface area contributed by atoms with E-state index in [0.29, 0.717) is 5.69 Å². The SMILES string of the molecule is CC(C)(C)OC(=O)Nc1cnn(C2CC(C(F)(F)F)C2)c1. The standard InChI is InChI=1S/C13H18F3N3O2/c1-12(2,3)21-11(20)18-9-6-17-19(7-9)10-4-8(5-10)13(14,15)16/h6-8,10H,4-5H2,1-3H3,(H,18,20). The van der Waals surface area contributed by atoms with Gasteiger partial charge < -0.3 is 4.74 Å². The van der Waals surface area contributed by atoms with Gasteiger partial charge in [0.1, 0.15) is 5.60 Å². The minimum Gasteiger partial charge on any atom is -0.444 e. The lowest BCUT2D eigenvalue weighted by Gasteiger charge is -2.36. The first-order chi connectivity index (χ1) is 9.54. The second-order valence-corrected chi connectivity index (χ2v) is 6.20. The van der Waals surface area contributed by atoms with Crippen LogP contribution < -0.4 is 5.32 Å². The lowest BCUT2D eigenvalue weighted by Crippen LogP contribution is -2.37. The lowest BCUT2D eigenvalue weighted by atomic mass is 9.80. The summed E-state index contributed by atoms with van der Waals surface area (Å²) in [6, 6.07) is -0.272. The van der Waals surface area contributed by atoms with Gasteiger partial charge in [-0.1, -0.05) is 0 Å². The summed E-state index contributed by atoms with van der Waals surface area (Å²) in [4.78, 5) is 11.6. The topological polar surface area (TPSA) is 56.1 Å². The fourth-order valence-corrected chi connectivity index (χ4v) is 2.09. The Morgan fingerprint density at radius 2 is 2.00 bits per heavy atom. The minimum atomic E-state index is -4.14. The minimum absolute atomic E-state index is 0.0249. The number of halogens is 3. The number of alkyl halides is 3. The largest absolute Gasteiger partial charge is 0.444 e. The van der Waals surface area contributed by atoms with Crippen LogP contribution in [-0.2, 0) is 4.74 Å². The van der Waals surface area contributed by atoms with E-state index in [4.69, 9.17) is 4.74 Å². The number of nitrogens with one attached hydrogen (secondary N) is 1. The summed E-state index contributed by atoms with van der Waals surface area (Å²) >= 11 is 0. The van der Waals surface area contributed by atoms with Crippen molar-refractivity contribution in [3.8, 4) is 0 Å². The smallest absolute Gasteiger partial charge is 0.412 e. The fourth-order valence-electron chi connectivity index (χ4n) is 2.09. The Morgan fingerprint density at radius 1 is 1.38 bits per heavy atom. The highest BCUT2D eigenvalue weighted by Gasteiger charge is 2.48. The molecule has 0 atom stereocenters. The van der Waals surface area contributed by atoms with Crippen LogP contribution in [0.2, 0.25) is 0 Å². The first-order valence-electron chi connectivity index (χ1n) is 6.65. The van der Waals surface area contributed by atoms with Crippen molar-refractivity contribution in [2.45, 2.75) is 51.4 Å². The van der Waals surface area contributed by atoms with E-state index in [9.17, 15) is 18.0 Å². The van der Waals surface area contributed by atoms with Crippen molar-refractivity contribution >= 4 is 11.8 Å². The Kier molecular flexibility index (Phi) is 3.90. The molecule has 2 rings (SSSR count). The highest BCUT2D eigenvalue weighted by Crippen LogP contribution is 2.46. The summed E-state index contributed by atoms with van der Waals surface area (Å²) in [7, 11) is 0. The van der Waals surface area contributed by atoms with E-state index in [-0.39, 0.29) is 18.9 Å². The summed E-state index contributed by atoms with van der Waals surface area (Å²) in [5, 5.41) is 6.48. The van der Waals surface area contributed by atoms with E-state index in [0.717, 1.165) is 0 Å². The Bertz CT molecular complexity index is 513. The zero-order chi connectivity index (χ0) is 15.8. The third-order valence-corrected chi connectivity index (χ3v) is 3.20. The molecule has 1 heterocycles. The summed E-state index contributed by atoms with van der Waals surface area (Å²) in [5.74, 6) is -1.26. The highest BCUT2D eigenvalue weighted by atomic mass is 19.4. The van der Waals surface area contributed by atoms with Gasteiger partial charge in [0.15, 0.2) is 0 Å². The van der Waals surface area contributed by atoms with Crippen LogP contribution in [0, 0.1) is 5.92 Å². The van der Waals surface area contributed by atoms with E-state index in [1.165, 1.54) is 17.1 Å². The van der Waals surface area contributed by atoms with Gasteiger partial charge in [0.2, 0.25) is 0 Å². The first-order valence-corrected chi connectivity index (χ1v) is 6.65. The van der Waals surface area contributed by atoms with Crippen LogP contribution in [0.25, 0.3) is 0 Å². The molecule has 0 bridgehead atoms. The molecule has 0 aromatic carbocycles. The number of anilines is 1. The molecule has 0 unspecified atom stereocenters. The van der Waals surface area contributed by atoms with E-state index in [2.05, 4.69) is 10.4 Å². The van der Waals surface area contributed by atoms with Crippen molar-refractivity contribution in [3.63, 3.8) is 0 Å². The van der Waals surface area contributed by atoms with Gasteiger partial charge >= 0.3 is 12.3 Å². The van der Waals surface area contributed by atoms with Crippen LogP contribution in [0.15, 0.2) is 12.4 Å². The Balaban J connectivity index is 1.87.